The number of ether oxygens (including phenoxy) is 3. The maximum absolute atomic E-state index is 12.2. The number of nitrogens with zero attached hydrogens (tertiary/aromatic N) is 2. The minimum Gasteiger partial charge on any atom is -0.461 e. The van der Waals surface area contributed by atoms with Crippen molar-refractivity contribution < 1.29 is 28.2 Å². The van der Waals surface area contributed by atoms with Crippen molar-refractivity contribution >= 4 is 18.1 Å². The summed E-state index contributed by atoms with van der Waals surface area (Å²) < 4.78 is 21.8. The van der Waals surface area contributed by atoms with Crippen molar-refractivity contribution in [1.29, 1.82) is 0 Å². The van der Waals surface area contributed by atoms with E-state index in [1.165, 1.54) is 0 Å². The standard InChI is InChI=1S/C22H29N3O6/c1-4-17-19(20(26)29-5-2)24-21(31-17)25-12-11-16(18(13-25)28-3)23-22(27)30-14-15-9-7-6-8-10-15/h6-10,16,18H,4-5,11-14H2,1-3H3,(H,23,27)/t16-,18+/m1/s1. The molecule has 0 spiro atoms. The average molecular weight is 431 g/mol. The highest BCUT2D eigenvalue weighted by molar-refractivity contribution is 5.88. The molecule has 0 bridgehead atoms. The number of hydrogen-bond donors (Lipinski definition) is 1. The van der Waals surface area contributed by atoms with Crippen LogP contribution in [0.1, 0.15) is 42.1 Å². The maximum Gasteiger partial charge on any atom is 0.407 e. The second-order valence-corrected chi connectivity index (χ2v) is 7.16. The van der Waals surface area contributed by atoms with E-state index >= 15 is 0 Å². The number of aryl methyl sites for hydroxylation is 1. The fourth-order valence-corrected chi connectivity index (χ4v) is 3.48. The summed E-state index contributed by atoms with van der Waals surface area (Å²) in [6.07, 6.45) is 0.358. The van der Waals surface area contributed by atoms with Crippen LogP contribution in [0.25, 0.3) is 0 Å². The average Bonchev–Trinajstić information content (AvgIpc) is 3.23. The zero-order valence-corrected chi connectivity index (χ0v) is 18.1. The number of hydrogen-bond acceptors (Lipinski definition) is 8. The van der Waals surface area contributed by atoms with E-state index in [2.05, 4.69) is 10.3 Å². The van der Waals surface area contributed by atoms with Gasteiger partial charge in [0, 0.05) is 20.1 Å². The number of alkyl carbamates (subject to hydrolysis) is 1. The number of oxazole rings is 1. The molecular formula is C22H29N3O6. The Morgan fingerprint density at radius 2 is 2.00 bits per heavy atom. The number of piperidine rings is 1. The van der Waals surface area contributed by atoms with Gasteiger partial charge in [-0.2, -0.15) is 4.98 Å². The molecule has 31 heavy (non-hydrogen) atoms. The third-order valence-electron chi connectivity index (χ3n) is 5.12. The van der Waals surface area contributed by atoms with E-state index in [1.807, 2.05) is 42.2 Å². The van der Waals surface area contributed by atoms with Gasteiger partial charge < -0.3 is 28.8 Å². The first kappa shape index (κ1) is 22.6. The molecule has 1 saturated heterocycles. The molecule has 168 valence electrons. The van der Waals surface area contributed by atoms with E-state index in [4.69, 9.17) is 18.6 Å². The van der Waals surface area contributed by atoms with Gasteiger partial charge >= 0.3 is 12.1 Å². The maximum atomic E-state index is 12.2. The van der Waals surface area contributed by atoms with Gasteiger partial charge in [-0.05, 0) is 18.9 Å². The fourth-order valence-electron chi connectivity index (χ4n) is 3.48. The number of benzene rings is 1. The normalized spacial score (nSPS) is 18.5. The third kappa shape index (κ3) is 5.75. The molecule has 1 N–H and O–H groups in total. The molecule has 2 atom stereocenters. The van der Waals surface area contributed by atoms with Crippen LogP contribution in [0.3, 0.4) is 0 Å². The lowest BCUT2D eigenvalue weighted by Crippen LogP contribution is -2.55. The van der Waals surface area contributed by atoms with Crippen molar-refractivity contribution in [2.75, 3.05) is 31.7 Å². The second kappa shape index (κ2) is 10.8. The monoisotopic (exact) mass is 431 g/mol. The van der Waals surface area contributed by atoms with Crippen molar-refractivity contribution in [2.24, 2.45) is 0 Å². The van der Waals surface area contributed by atoms with E-state index in [1.54, 1.807) is 14.0 Å². The van der Waals surface area contributed by atoms with Gasteiger partial charge in [0.1, 0.15) is 12.4 Å². The highest BCUT2D eigenvalue weighted by Crippen LogP contribution is 2.25. The van der Waals surface area contributed by atoms with Crippen LogP contribution in [0, 0.1) is 0 Å². The highest BCUT2D eigenvalue weighted by atomic mass is 16.5. The quantitative estimate of drug-likeness (QED) is 0.637. The van der Waals surface area contributed by atoms with Crippen LogP contribution in [0.5, 0.6) is 0 Å². The number of esters is 1. The molecule has 1 aromatic heterocycles. The molecule has 1 aromatic carbocycles. The molecule has 0 radical (unpaired) electrons. The van der Waals surface area contributed by atoms with E-state index < -0.39 is 12.1 Å². The van der Waals surface area contributed by atoms with Gasteiger partial charge in [0.25, 0.3) is 6.01 Å². The Kier molecular flexibility index (Phi) is 7.88. The number of aromatic nitrogens is 1. The van der Waals surface area contributed by atoms with Gasteiger partial charge in [0.15, 0.2) is 5.69 Å². The molecule has 0 aliphatic carbocycles. The SMILES string of the molecule is CCOC(=O)c1nc(N2CC[C@@H](NC(=O)OCc3ccccc3)[C@@H](OC)C2)oc1CC. The second-order valence-electron chi connectivity index (χ2n) is 7.16. The Bertz CT molecular complexity index is 869. The molecule has 1 fully saturated rings. The lowest BCUT2D eigenvalue weighted by atomic mass is 10.0. The van der Waals surface area contributed by atoms with Crippen molar-refractivity contribution in [3.8, 4) is 0 Å². The van der Waals surface area contributed by atoms with Crippen molar-refractivity contribution in [2.45, 2.75) is 45.4 Å². The summed E-state index contributed by atoms with van der Waals surface area (Å²) in [6.45, 7) is 5.14. The first-order valence-corrected chi connectivity index (χ1v) is 10.5. The molecule has 1 amide bonds. The summed E-state index contributed by atoms with van der Waals surface area (Å²) in [6, 6.07) is 9.64. The van der Waals surface area contributed by atoms with Gasteiger partial charge in [-0.15, -0.1) is 0 Å². The van der Waals surface area contributed by atoms with Gasteiger partial charge in [-0.3, -0.25) is 0 Å². The number of methoxy groups -OCH3 is 1. The number of anilines is 1. The first-order chi connectivity index (χ1) is 15.0. The lowest BCUT2D eigenvalue weighted by molar-refractivity contribution is 0.0516. The van der Waals surface area contributed by atoms with Crippen LogP contribution in [-0.4, -0.2) is 56.0 Å². The van der Waals surface area contributed by atoms with Crippen LogP contribution < -0.4 is 10.2 Å². The number of carbonyl (C=O) groups is 2. The van der Waals surface area contributed by atoms with Crippen molar-refractivity contribution in [1.82, 2.24) is 10.3 Å². The summed E-state index contributed by atoms with van der Waals surface area (Å²) in [5, 5.41) is 2.89. The minimum atomic E-state index is -0.490. The fraction of sp³-hybridized carbons (Fsp3) is 0.500. The van der Waals surface area contributed by atoms with Gasteiger partial charge in [-0.1, -0.05) is 37.3 Å². The Labute approximate surface area is 181 Å². The lowest BCUT2D eigenvalue weighted by Gasteiger charge is -2.37. The summed E-state index contributed by atoms with van der Waals surface area (Å²) in [5.74, 6) is 0.00232. The third-order valence-corrected chi connectivity index (χ3v) is 5.12. The summed E-state index contributed by atoms with van der Waals surface area (Å²) in [4.78, 5) is 30.6. The predicted molar refractivity (Wildman–Crippen MR) is 113 cm³/mol. The number of nitrogens with one attached hydrogen (secondary N) is 1. The van der Waals surface area contributed by atoms with Crippen LogP contribution >= 0.6 is 0 Å². The van der Waals surface area contributed by atoms with Crippen molar-refractivity contribution in [3.63, 3.8) is 0 Å². The summed E-state index contributed by atoms with van der Waals surface area (Å²) in [7, 11) is 1.59. The van der Waals surface area contributed by atoms with E-state index in [9.17, 15) is 9.59 Å². The molecule has 1 aliphatic heterocycles. The predicted octanol–water partition coefficient (Wildman–Crippen LogP) is 2.93. The van der Waals surface area contributed by atoms with E-state index in [-0.39, 0.29) is 31.1 Å². The number of carbonyl (C=O) groups excluding carboxylic acids is 2. The van der Waals surface area contributed by atoms with Gasteiger partial charge in [0.2, 0.25) is 0 Å². The largest absolute Gasteiger partial charge is 0.461 e. The topological polar surface area (TPSA) is 103 Å². The molecule has 0 saturated carbocycles. The first-order valence-electron chi connectivity index (χ1n) is 10.5. The van der Waals surface area contributed by atoms with Gasteiger partial charge in [-0.25, -0.2) is 9.59 Å². The van der Waals surface area contributed by atoms with Gasteiger partial charge in [0.05, 0.1) is 25.3 Å². The van der Waals surface area contributed by atoms with E-state index in [0.29, 0.717) is 37.7 Å². The summed E-state index contributed by atoms with van der Waals surface area (Å²) in [5.41, 5.74) is 1.13. The van der Waals surface area contributed by atoms with Crippen LogP contribution in [0.15, 0.2) is 34.7 Å². The zero-order valence-electron chi connectivity index (χ0n) is 18.1. The van der Waals surface area contributed by atoms with E-state index in [0.717, 1.165) is 5.56 Å². The molecule has 9 heteroatoms. The molecule has 9 nitrogen and oxygen atoms in total. The Hall–Kier alpha value is -3.07. The van der Waals surface area contributed by atoms with Crippen molar-refractivity contribution in [3.05, 3.63) is 47.3 Å². The molecule has 2 aromatic rings. The van der Waals surface area contributed by atoms with Crippen LogP contribution in [0.2, 0.25) is 0 Å². The number of rotatable bonds is 8. The smallest absolute Gasteiger partial charge is 0.407 e. The Morgan fingerprint density at radius 1 is 1.23 bits per heavy atom. The molecule has 2 heterocycles. The molecular weight excluding hydrogens is 402 g/mol. The Morgan fingerprint density at radius 3 is 2.68 bits per heavy atom. The zero-order chi connectivity index (χ0) is 22.2. The Balaban J connectivity index is 1.59. The minimum absolute atomic E-state index is 0.204. The summed E-state index contributed by atoms with van der Waals surface area (Å²) >= 11 is 0. The molecule has 0 unspecified atom stereocenters. The number of amides is 1. The van der Waals surface area contributed by atoms with Crippen LogP contribution in [-0.2, 0) is 27.2 Å². The highest BCUT2D eigenvalue weighted by Gasteiger charge is 2.34. The van der Waals surface area contributed by atoms with Crippen LogP contribution in [0.4, 0.5) is 10.8 Å². The molecule has 1 aliphatic rings. The molecule has 3 rings (SSSR count).